The average molecular weight is 293 g/mol. The summed E-state index contributed by atoms with van der Waals surface area (Å²) in [5.41, 5.74) is 0. The number of methoxy groups -OCH3 is 1. The van der Waals surface area contributed by atoms with Crippen molar-refractivity contribution in [2.24, 2.45) is 5.92 Å². The van der Waals surface area contributed by atoms with E-state index >= 15 is 0 Å². The summed E-state index contributed by atoms with van der Waals surface area (Å²) in [7, 11) is 1.74. The van der Waals surface area contributed by atoms with E-state index in [1.54, 1.807) is 7.11 Å². The number of hydrogen-bond acceptors (Lipinski definition) is 4. The molecule has 2 rings (SSSR count). The van der Waals surface area contributed by atoms with Gasteiger partial charge in [0.25, 0.3) is 0 Å². The van der Waals surface area contributed by atoms with Crippen molar-refractivity contribution in [1.29, 1.82) is 0 Å². The molecule has 1 amide bonds. The molecule has 2 atom stereocenters. The van der Waals surface area contributed by atoms with E-state index in [-0.39, 0.29) is 30.5 Å². The van der Waals surface area contributed by atoms with E-state index < -0.39 is 0 Å². The number of piperidine rings is 1. The summed E-state index contributed by atoms with van der Waals surface area (Å²) in [6.45, 7) is 5.92. The molecule has 0 aromatic rings. The van der Waals surface area contributed by atoms with Crippen LogP contribution in [0.25, 0.3) is 0 Å². The number of halogens is 1. The van der Waals surface area contributed by atoms with E-state index in [2.05, 4.69) is 5.32 Å². The molecular weight excluding hydrogens is 268 g/mol. The zero-order valence-corrected chi connectivity index (χ0v) is 12.6. The van der Waals surface area contributed by atoms with E-state index in [0.717, 1.165) is 39.1 Å². The minimum absolute atomic E-state index is 0. The van der Waals surface area contributed by atoms with Crippen LogP contribution in [0.5, 0.6) is 0 Å². The van der Waals surface area contributed by atoms with Gasteiger partial charge in [0.15, 0.2) is 0 Å². The second-order valence-corrected chi connectivity index (χ2v) is 5.23. The number of ether oxygens (including phenoxy) is 2. The van der Waals surface area contributed by atoms with Crippen LogP contribution in [0.3, 0.4) is 0 Å². The fraction of sp³-hybridized carbons (Fsp3) is 0.923. The molecular formula is C13H25ClN2O3. The topological polar surface area (TPSA) is 50.8 Å². The highest BCUT2D eigenvalue weighted by Crippen LogP contribution is 2.19. The highest BCUT2D eigenvalue weighted by molar-refractivity contribution is 5.85. The molecule has 5 nitrogen and oxygen atoms in total. The Bertz CT molecular complexity index is 283. The Morgan fingerprint density at radius 2 is 2.11 bits per heavy atom. The number of rotatable bonds is 3. The monoisotopic (exact) mass is 292 g/mol. The smallest absolute Gasteiger partial charge is 0.242 e. The number of nitrogens with one attached hydrogen (secondary N) is 1. The lowest BCUT2D eigenvalue weighted by molar-refractivity contribution is -0.141. The summed E-state index contributed by atoms with van der Waals surface area (Å²) in [5, 5.41) is 3.26. The van der Waals surface area contributed by atoms with Crippen LogP contribution in [0.2, 0.25) is 0 Å². The van der Waals surface area contributed by atoms with Gasteiger partial charge in [0, 0.05) is 33.4 Å². The van der Waals surface area contributed by atoms with Crippen molar-refractivity contribution in [1.82, 2.24) is 10.2 Å². The predicted octanol–water partition coefficient (Wildman–Crippen LogP) is 0.670. The molecule has 0 spiro atoms. The first-order valence-electron chi connectivity index (χ1n) is 6.85. The van der Waals surface area contributed by atoms with E-state index in [9.17, 15) is 4.79 Å². The summed E-state index contributed by atoms with van der Waals surface area (Å²) in [5.74, 6) is 0.796. The molecule has 0 aromatic heterocycles. The van der Waals surface area contributed by atoms with E-state index in [4.69, 9.17) is 9.47 Å². The number of nitrogens with zero attached hydrogens (tertiary/aromatic N) is 1. The third-order valence-corrected chi connectivity index (χ3v) is 3.91. The molecule has 1 N–H and O–H groups in total. The summed E-state index contributed by atoms with van der Waals surface area (Å²) < 4.78 is 10.7. The summed E-state index contributed by atoms with van der Waals surface area (Å²) >= 11 is 0. The van der Waals surface area contributed by atoms with Crippen LogP contribution in [0.4, 0.5) is 0 Å². The molecule has 0 aromatic carbocycles. The van der Waals surface area contributed by atoms with Crippen LogP contribution in [0.15, 0.2) is 0 Å². The largest absolute Gasteiger partial charge is 0.384 e. The Morgan fingerprint density at radius 1 is 1.42 bits per heavy atom. The van der Waals surface area contributed by atoms with Gasteiger partial charge in [-0.25, -0.2) is 0 Å². The van der Waals surface area contributed by atoms with E-state index in [1.165, 1.54) is 0 Å². The van der Waals surface area contributed by atoms with Gasteiger partial charge in [-0.3, -0.25) is 4.79 Å². The Labute approximate surface area is 121 Å². The van der Waals surface area contributed by atoms with Crippen molar-refractivity contribution >= 4 is 18.3 Å². The second kappa shape index (κ2) is 8.04. The van der Waals surface area contributed by atoms with Gasteiger partial charge < -0.3 is 19.7 Å². The number of likely N-dealkylation sites (tertiary alicyclic amines) is 1. The zero-order valence-electron chi connectivity index (χ0n) is 11.8. The Kier molecular flexibility index (Phi) is 7.07. The molecule has 2 fully saturated rings. The summed E-state index contributed by atoms with van der Waals surface area (Å²) in [6.07, 6.45) is 2.06. The number of carbonyl (C=O) groups excluding carboxylic acids is 1. The van der Waals surface area contributed by atoms with Crippen molar-refractivity contribution in [2.75, 3.05) is 40.0 Å². The molecule has 0 unspecified atom stereocenters. The molecule has 2 saturated heterocycles. The van der Waals surface area contributed by atoms with Gasteiger partial charge in [-0.15, -0.1) is 12.4 Å². The highest BCUT2D eigenvalue weighted by Gasteiger charge is 2.33. The first-order chi connectivity index (χ1) is 8.72. The molecule has 0 saturated carbocycles. The molecule has 2 aliphatic heterocycles. The fourth-order valence-corrected chi connectivity index (χ4v) is 2.76. The average Bonchev–Trinajstić information content (AvgIpc) is 2.40. The van der Waals surface area contributed by atoms with Gasteiger partial charge in [0.2, 0.25) is 5.91 Å². The van der Waals surface area contributed by atoms with Crippen molar-refractivity contribution in [3.63, 3.8) is 0 Å². The lowest BCUT2D eigenvalue weighted by atomic mass is 9.96. The van der Waals surface area contributed by atoms with Gasteiger partial charge in [0.1, 0.15) is 6.04 Å². The standard InChI is InChI=1S/C13H24N2O3.ClH/c1-10-12(14-5-8-18-10)13(16)15-6-3-11(4-7-15)9-17-2;/h10-12,14H,3-9H2,1-2H3;1H/t10-,12+;/m1./s1. The van der Waals surface area contributed by atoms with Crippen molar-refractivity contribution < 1.29 is 14.3 Å². The SMILES string of the molecule is COCC1CCN(C(=O)[C@H]2NCCO[C@@H]2C)CC1.Cl. The quantitative estimate of drug-likeness (QED) is 0.831. The van der Waals surface area contributed by atoms with Gasteiger partial charge >= 0.3 is 0 Å². The molecule has 19 heavy (non-hydrogen) atoms. The third-order valence-electron chi connectivity index (χ3n) is 3.91. The predicted molar refractivity (Wildman–Crippen MR) is 75.6 cm³/mol. The maximum atomic E-state index is 12.4. The molecule has 0 radical (unpaired) electrons. The molecule has 112 valence electrons. The first-order valence-corrected chi connectivity index (χ1v) is 6.85. The lowest BCUT2D eigenvalue weighted by Crippen LogP contribution is -2.57. The highest BCUT2D eigenvalue weighted by atomic mass is 35.5. The van der Waals surface area contributed by atoms with Gasteiger partial charge in [-0.1, -0.05) is 0 Å². The molecule has 6 heteroatoms. The van der Waals surface area contributed by atoms with Crippen molar-refractivity contribution in [3.05, 3.63) is 0 Å². The van der Waals surface area contributed by atoms with Crippen molar-refractivity contribution in [3.8, 4) is 0 Å². The van der Waals surface area contributed by atoms with Crippen LogP contribution >= 0.6 is 12.4 Å². The second-order valence-electron chi connectivity index (χ2n) is 5.23. The Morgan fingerprint density at radius 3 is 2.68 bits per heavy atom. The number of morpholine rings is 1. The lowest BCUT2D eigenvalue weighted by Gasteiger charge is -2.37. The van der Waals surface area contributed by atoms with Gasteiger partial charge in [0.05, 0.1) is 12.7 Å². The maximum absolute atomic E-state index is 12.4. The Balaban J connectivity index is 0.00000180. The zero-order chi connectivity index (χ0) is 13.0. The van der Waals surface area contributed by atoms with Crippen molar-refractivity contribution in [2.45, 2.75) is 31.9 Å². The van der Waals surface area contributed by atoms with E-state index in [0.29, 0.717) is 12.5 Å². The fourth-order valence-electron chi connectivity index (χ4n) is 2.76. The van der Waals surface area contributed by atoms with Crippen LogP contribution < -0.4 is 5.32 Å². The van der Waals surface area contributed by atoms with Gasteiger partial charge in [-0.2, -0.15) is 0 Å². The molecule has 2 heterocycles. The normalized spacial score (nSPS) is 28.8. The number of carbonyl (C=O) groups is 1. The maximum Gasteiger partial charge on any atom is 0.242 e. The summed E-state index contributed by atoms with van der Waals surface area (Å²) in [6, 6.07) is -0.169. The van der Waals surface area contributed by atoms with Crippen LogP contribution in [0, 0.1) is 5.92 Å². The Hall–Kier alpha value is -0.360. The van der Waals surface area contributed by atoms with Crippen LogP contribution in [-0.4, -0.2) is 62.9 Å². The minimum Gasteiger partial charge on any atom is -0.384 e. The number of hydrogen-bond donors (Lipinski definition) is 1. The van der Waals surface area contributed by atoms with Gasteiger partial charge in [-0.05, 0) is 25.7 Å². The minimum atomic E-state index is -0.169. The van der Waals surface area contributed by atoms with Crippen LogP contribution in [0.1, 0.15) is 19.8 Å². The molecule has 0 aliphatic carbocycles. The molecule has 2 aliphatic rings. The first kappa shape index (κ1) is 16.7. The van der Waals surface area contributed by atoms with E-state index in [1.807, 2.05) is 11.8 Å². The van der Waals surface area contributed by atoms with Crippen LogP contribution in [-0.2, 0) is 14.3 Å². The molecule has 0 bridgehead atoms. The number of amides is 1. The third kappa shape index (κ3) is 4.31. The summed E-state index contributed by atoms with van der Waals surface area (Å²) in [4.78, 5) is 14.3.